The molecule has 1 amide bonds. The van der Waals surface area contributed by atoms with E-state index < -0.39 is 10.0 Å². The van der Waals surface area contributed by atoms with Crippen molar-refractivity contribution in [3.05, 3.63) is 29.8 Å². The standard InChI is InChI=1S/C17H25N3O4S/c1-18-14-5-4-8-19(13-14)17(21)15-6-2-3-7-16(15)25(22,23)20-9-11-24-12-10-20/h2-3,6-7,14,18H,4-5,8-13H2,1H3. The van der Waals surface area contributed by atoms with Gasteiger partial charge in [0.1, 0.15) is 0 Å². The second kappa shape index (κ2) is 7.82. The molecule has 3 rings (SSSR count). The Morgan fingerprint density at radius 1 is 1.20 bits per heavy atom. The summed E-state index contributed by atoms with van der Waals surface area (Å²) in [5.74, 6) is -0.215. The number of benzene rings is 1. The Balaban J connectivity index is 1.89. The first-order valence-corrected chi connectivity index (χ1v) is 10.1. The third-order valence-electron chi connectivity index (χ3n) is 4.82. The van der Waals surface area contributed by atoms with Gasteiger partial charge in [-0.05, 0) is 32.0 Å². The van der Waals surface area contributed by atoms with Crippen molar-refractivity contribution < 1.29 is 17.9 Å². The summed E-state index contributed by atoms with van der Waals surface area (Å²) in [6.07, 6.45) is 1.93. The van der Waals surface area contributed by atoms with Crippen LogP contribution in [0.2, 0.25) is 0 Å². The number of rotatable bonds is 4. The van der Waals surface area contributed by atoms with Crippen LogP contribution in [-0.4, -0.2) is 76.0 Å². The van der Waals surface area contributed by atoms with Gasteiger partial charge in [0, 0.05) is 32.2 Å². The Bertz CT molecular complexity index is 716. The molecule has 2 heterocycles. The van der Waals surface area contributed by atoms with Gasteiger partial charge < -0.3 is 15.0 Å². The predicted molar refractivity (Wildman–Crippen MR) is 94.0 cm³/mol. The highest BCUT2D eigenvalue weighted by Gasteiger charge is 2.32. The lowest BCUT2D eigenvalue weighted by molar-refractivity contribution is 0.0690. The average molecular weight is 367 g/mol. The smallest absolute Gasteiger partial charge is 0.255 e. The number of carbonyl (C=O) groups is 1. The fourth-order valence-electron chi connectivity index (χ4n) is 3.36. The van der Waals surface area contributed by atoms with E-state index in [1.54, 1.807) is 23.1 Å². The van der Waals surface area contributed by atoms with Gasteiger partial charge in [0.2, 0.25) is 10.0 Å². The Labute approximate surface area is 149 Å². The lowest BCUT2D eigenvalue weighted by Crippen LogP contribution is -2.47. The Morgan fingerprint density at radius 3 is 2.64 bits per heavy atom. The van der Waals surface area contributed by atoms with E-state index in [0.29, 0.717) is 39.4 Å². The fourth-order valence-corrected chi connectivity index (χ4v) is 4.95. The van der Waals surface area contributed by atoms with Crippen molar-refractivity contribution in [2.75, 3.05) is 46.4 Å². The molecule has 0 radical (unpaired) electrons. The molecule has 0 saturated carbocycles. The van der Waals surface area contributed by atoms with Crippen LogP contribution in [0.25, 0.3) is 0 Å². The number of nitrogens with one attached hydrogen (secondary N) is 1. The van der Waals surface area contributed by atoms with Crippen LogP contribution in [0.1, 0.15) is 23.2 Å². The zero-order valence-electron chi connectivity index (χ0n) is 14.5. The number of hydrogen-bond donors (Lipinski definition) is 1. The molecule has 1 unspecified atom stereocenters. The molecule has 138 valence electrons. The first-order chi connectivity index (χ1) is 12.0. The zero-order chi connectivity index (χ0) is 17.9. The fraction of sp³-hybridized carbons (Fsp3) is 0.588. The van der Waals surface area contributed by atoms with Crippen molar-refractivity contribution in [2.24, 2.45) is 0 Å². The third-order valence-corrected chi connectivity index (χ3v) is 6.78. The molecular formula is C17H25N3O4S. The highest BCUT2D eigenvalue weighted by molar-refractivity contribution is 7.89. The molecule has 0 aliphatic carbocycles. The molecule has 1 atom stereocenters. The number of likely N-dealkylation sites (tertiary alicyclic amines) is 1. The normalized spacial score (nSPS) is 22.8. The van der Waals surface area contributed by atoms with Crippen LogP contribution < -0.4 is 5.32 Å². The maximum absolute atomic E-state index is 13.0. The lowest BCUT2D eigenvalue weighted by Gasteiger charge is -2.33. The van der Waals surface area contributed by atoms with E-state index in [0.717, 1.165) is 12.8 Å². The van der Waals surface area contributed by atoms with Gasteiger partial charge in [0.05, 0.1) is 23.7 Å². The van der Waals surface area contributed by atoms with E-state index >= 15 is 0 Å². The number of carbonyl (C=O) groups excluding carboxylic acids is 1. The molecular weight excluding hydrogens is 342 g/mol. The number of hydrogen-bond acceptors (Lipinski definition) is 5. The van der Waals surface area contributed by atoms with Gasteiger partial charge in [0.25, 0.3) is 5.91 Å². The van der Waals surface area contributed by atoms with E-state index in [9.17, 15) is 13.2 Å². The van der Waals surface area contributed by atoms with E-state index in [1.807, 2.05) is 7.05 Å². The summed E-state index contributed by atoms with van der Waals surface area (Å²) >= 11 is 0. The Kier molecular flexibility index (Phi) is 5.73. The number of ether oxygens (including phenoxy) is 1. The van der Waals surface area contributed by atoms with Crippen LogP contribution in [0.3, 0.4) is 0 Å². The van der Waals surface area contributed by atoms with Crippen molar-refractivity contribution in [1.29, 1.82) is 0 Å². The number of morpholine rings is 1. The minimum atomic E-state index is -3.71. The molecule has 2 saturated heterocycles. The summed E-state index contributed by atoms with van der Waals surface area (Å²) < 4.78 is 32.6. The molecule has 1 N–H and O–H groups in total. The van der Waals surface area contributed by atoms with Gasteiger partial charge in [0.15, 0.2) is 0 Å². The van der Waals surface area contributed by atoms with Crippen LogP contribution in [-0.2, 0) is 14.8 Å². The molecule has 2 aliphatic heterocycles. The Hall–Kier alpha value is -1.48. The van der Waals surface area contributed by atoms with Crippen LogP contribution in [0.4, 0.5) is 0 Å². The quantitative estimate of drug-likeness (QED) is 0.840. The van der Waals surface area contributed by atoms with Gasteiger partial charge in [-0.25, -0.2) is 8.42 Å². The molecule has 25 heavy (non-hydrogen) atoms. The van der Waals surface area contributed by atoms with Gasteiger partial charge in [-0.1, -0.05) is 12.1 Å². The topological polar surface area (TPSA) is 79.0 Å². The highest BCUT2D eigenvalue weighted by Crippen LogP contribution is 2.23. The van der Waals surface area contributed by atoms with Crippen molar-refractivity contribution in [1.82, 2.24) is 14.5 Å². The number of likely N-dealkylation sites (N-methyl/N-ethyl adjacent to an activating group) is 1. The summed E-state index contributed by atoms with van der Waals surface area (Å²) in [5, 5.41) is 3.20. The SMILES string of the molecule is CNC1CCCN(C(=O)c2ccccc2S(=O)(=O)N2CCOCC2)C1. The van der Waals surface area contributed by atoms with Gasteiger partial charge in [-0.2, -0.15) is 4.31 Å². The summed E-state index contributed by atoms with van der Waals surface area (Å²) in [7, 11) is -1.82. The lowest BCUT2D eigenvalue weighted by atomic mass is 10.0. The first kappa shape index (κ1) is 18.3. The summed E-state index contributed by atoms with van der Waals surface area (Å²) in [4.78, 5) is 14.8. The van der Waals surface area contributed by atoms with Crippen LogP contribution in [0.5, 0.6) is 0 Å². The largest absolute Gasteiger partial charge is 0.379 e. The highest BCUT2D eigenvalue weighted by atomic mass is 32.2. The monoisotopic (exact) mass is 367 g/mol. The molecule has 0 bridgehead atoms. The van der Waals surface area contributed by atoms with Crippen molar-refractivity contribution in [2.45, 2.75) is 23.8 Å². The minimum absolute atomic E-state index is 0.0912. The maximum atomic E-state index is 13.0. The zero-order valence-corrected chi connectivity index (χ0v) is 15.3. The maximum Gasteiger partial charge on any atom is 0.255 e. The van der Waals surface area contributed by atoms with Crippen LogP contribution in [0, 0.1) is 0 Å². The summed E-state index contributed by atoms with van der Waals surface area (Å²) in [6.45, 7) is 2.65. The average Bonchev–Trinajstić information content (AvgIpc) is 2.68. The number of nitrogens with zero attached hydrogens (tertiary/aromatic N) is 2. The Morgan fingerprint density at radius 2 is 1.92 bits per heavy atom. The van der Waals surface area contributed by atoms with Crippen molar-refractivity contribution >= 4 is 15.9 Å². The van der Waals surface area contributed by atoms with Gasteiger partial charge in [-0.3, -0.25) is 4.79 Å². The van der Waals surface area contributed by atoms with E-state index in [2.05, 4.69) is 5.32 Å². The minimum Gasteiger partial charge on any atom is -0.379 e. The molecule has 1 aromatic rings. The molecule has 1 aromatic carbocycles. The number of amides is 1. The molecule has 2 fully saturated rings. The van der Waals surface area contributed by atoms with Crippen molar-refractivity contribution in [3.63, 3.8) is 0 Å². The predicted octanol–water partition coefficient (Wildman–Crippen LogP) is 0.532. The summed E-state index contributed by atoms with van der Waals surface area (Å²) in [6, 6.07) is 6.76. The number of piperidine rings is 1. The van der Waals surface area contributed by atoms with Gasteiger partial charge >= 0.3 is 0 Å². The number of sulfonamides is 1. The van der Waals surface area contributed by atoms with E-state index in [4.69, 9.17) is 4.74 Å². The third kappa shape index (κ3) is 3.87. The van der Waals surface area contributed by atoms with Gasteiger partial charge in [-0.15, -0.1) is 0 Å². The second-order valence-electron chi connectivity index (χ2n) is 6.39. The molecule has 0 aromatic heterocycles. The van der Waals surface area contributed by atoms with E-state index in [1.165, 1.54) is 10.4 Å². The van der Waals surface area contributed by atoms with Crippen molar-refractivity contribution in [3.8, 4) is 0 Å². The van der Waals surface area contributed by atoms with E-state index in [-0.39, 0.29) is 22.4 Å². The first-order valence-electron chi connectivity index (χ1n) is 8.67. The second-order valence-corrected chi connectivity index (χ2v) is 8.30. The molecule has 8 heteroatoms. The summed E-state index contributed by atoms with van der Waals surface area (Å²) in [5.41, 5.74) is 0.255. The molecule has 2 aliphatic rings. The molecule has 7 nitrogen and oxygen atoms in total. The van der Waals surface area contributed by atoms with Crippen LogP contribution >= 0.6 is 0 Å². The molecule has 0 spiro atoms. The van der Waals surface area contributed by atoms with Crippen LogP contribution in [0.15, 0.2) is 29.2 Å².